The van der Waals surface area contributed by atoms with Crippen LogP contribution in [0.2, 0.25) is 0 Å². The normalized spacial score (nSPS) is 24.6. The molecule has 0 aromatic carbocycles. The molecule has 2 aliphatic rings. The minimum Gasteiger partial charge on any atom is -0.0810 e. The summed E-state index contributed by atoms with van der Waals surface area (Å²) in [7, 11) is 0. The van der Waals surface area contributed by atoms with Gasteiger partial charge in [-0.3, -0.25) is 0 Å². The largest absolute Gasteiger partial charge is 0.0810 e. The maximum atomic E-state index is 3.60. The molecule has 0 bridgehead atoms. The second kappa shape index (κ2) is 4.64. The molecular formula is C13H19. The van der Waals surface area contributed by atoms with Crippen LogP contribution in [0.4, 0.5) is 0 Å². The van der Waals surface area contributed by atoms with Gasteiger partial charge in [0, 0.05) is 0 Å². The predicted octanol–water partition coefficient (Wildman–Crippen LogP) is 4.18. The maximum Gasteiger partial charge on any atom is -0.0273 e. The highest BCUT2D eigenvalue weighted by molar-refractivity contribution is 5.30. The Kier molecular flexibility index (Phi) is 3.23. The maximum absolute atomic E-state index is 3.60. The summed E-state index contributed by atoms with van der Waals surface area (Å²) < 4.78 is 0. The van der Waals surface area contributed by atoms with E-state index in [9.17, 15) is 0 Å². The number of hydrogen-bond acceptors (Lipinski definition) is 0. The van der Waals surface area contributed by atoms with Crippen molar-refractivity contribution in [1.82, 2.24) is 0 Å². The van der Waals surface area contributed by atoms with Crippen molar-refractivity contribution >= 4 is 0 Å². The topological polar surface area (TPSA) is 0 Å². The van der Waals surface area contributed by atoms with Gasteiger partial charge in [-0.25, -0.2) is 0 Å². The van der Waals surface area contributed by atoms with Crippen LogP contribution < -0.4 is 0 Å². The number of hydrogen-bond donors (Lipinski definition) is 0. The molecule has 0 unspecified atom stereocenters. The van der Waals surface area contributed by atoms with Crippen molar-refractivity contribution in [1.29, 1.82) is 0 Å². The minimum absolute atomic E-state index is 1.20. The van der Waals surface area contributed by atoms with Crippen LogP contribution in [-0.2, 0) is 0 Å². The van der Waals surface area contributed by atoms with E-state index in [0.717, 1.165) is 0 Å². The Morgan fingerprint density at radius 1 is 0.923 bits per heavy atom. The molecule has 0 amide bonds. The molecule has 0 aliphatic heterocycles. The fourth-order valence-electron chi connectivity index (χ4n) is 2.32. The molecule has 0 N–H and O–H groups in total. The zero-order valence-electron chi connectivity index (χ0n) is 8.44. The van der Waals surface area contributed by atoms with E-state index < -0.39 is 0 Å². The summed E-state index contributed by atoms with van der Waals surface area (Å²) in [5, 5.41) is 0. The van der Waals surface area contributed by atoms with Crippen molar-refractivity contribution in [2.24, 2.45) is 0 Å². The average Bonchev–Trinajstić information content (AvgIpc) is 2.47. The van der Waals surface area contributed by atoms with E-state index in [2.05, 4.69) is 12.2 Å². The molecule has 2 aliphatic carbocycles. The van der Waals surface area contributed by atoms with Gasteiger partial charge in [0.25, 0.3) is 0 Å². The van der Waals surface area contributed by atoms with E-state index in [0.29, 0.717) is 0 Å². The molecule has 0 heterocycles. The number of rotatable bonds is 1. The van der Waals surface area contributed by atoms with Crippen molar-refractivity contribution in [3.05, 3.63) is 23.3 Å². The van der Waals surface area contributed by atoms with Crippen LogP contribution in [0.15, 0.2) is 17.2 Å². The lowest BCUT2D eigenvalue weighted by Crippen LogP contribution is -1.95. The highest BCUT2D eigenvalue weighted by Crippen LogP contribution is 2.29. The first-order chi connectivity index (χ1) is 6.47. The standard InChI is InChI=1S/C13H19/c1-2-5-9-12(8-4-1)13-10-6-3-7-11-13/h10H,1-8,11H2. The highest BCUT2D eigenvalue weighted by atomic mass is 14.2. The van der Waals surface area contributed by atoms with Crippen LogP contribution in [0.3, 0.4) is 0 Å². The summed E-state index contributed by atoms with van der Waals surface area (Å²) in [5.74, 6) is 0. The van der Waals surface area contributed by atoms with Crippen LogP contribution in [0, 0.1) is 6.08 Å². The molecule has 0 nitrogen and oxygen atoms in total. The average molecular weight is 175 g/mol. The third kappa shape index (κ3) is 2.46. The first kappa shape index (κ1) is 9.05. The first-order valence-electron chi connectivity index (χ1n) is 5.76. The summed E-state index contributed by atoms with van der Waals surface area (Å²) in [6.07, 6.45) is 18.1. The van der Waals surface area contributed by atoms with Gasteiger partial charge in [-0.2, -0.15) is 0 Å². The van der Waals surface area contributed by atoms with Gasteiger partial charge in [-0.1, -0.05) is 12.5 Å². The summed E-state index contributed by atoms with van der Waals surface area (Å²) in [5.41, 5.74) is 3.20. The van der Waals surface area contributed by atoms with E-state index in [1.807, 2.05) is 0 Å². The molecule has 0 atom stereocenters. The molecule has 2 rings (SSSR count). The highest BCUT2D eigenvalue weighted by Gasteiger charge is 2.10. The first-order valence-corrected chi connectivity index (χ1v) is 5.76. The second-order valence-corrected chi connectivity index (χ2v) is 4.19. The molecule has 0 aromatic heterocycles. The fraction of sp³-hybridized carbons (Fsp3) is 0.692. The molecule has 1 radical (unpaired) electrons. The third-order valence-electron chi connectivity index (χ3n) is 3.12. The predicted molar refractivity (Wildman–Crippen MR) is 56.4 cm³/mol. The Morgan fingerprint density at radius 3 is 2.69 bits per heavy atom. The van der Waals surface area contributed by atoms with E-state index in [4.69, 9.17) is 0 Å². The van der Waals surface area contributed by atoms with E-state index in [1.54, 1.807) is 11.1 Å². The summed E-state index contributed by atoms with van der Waals surface area (Å²) >= 11 is 0. The van der Waals surface area contributed by atoms with E-state index in [-0.39, 0.29) is 0 Å². The third-order valence-corrected chi connectivity index (χ3v) is 3.12. The molecule has 71 valence electrons. The lowest BCUT2D eigenvalue weighted by atomic mass is 9.91. The summed E-state index contributed by atoms with van der Waals surface area (Å²) in [6, 6.07) is 0. The lowest BCUT2D eigenvalue weighted by molar-refractivity contribution is 0.684. The Balaban J connectivity index is 2.04. The van der Waals surface area contributed by atoms with Gasteiger partial charge in [0.05, 0.1) is 0 Å². The molecular weight excluding hydrogens is 156 g/mol. The summed E-state index contributed by atoms with van der Waals surface area (Å²) in [4.78, 5) is 0. The smallest absolute Gasteiger partial charge is 0.0273 e. The molecule has 0 spiro atoms. The van der Waals surface area contributed by atoms with Crippen LogP contribution in [0.1, 0.15) is 57.8 Å². The Hall–Kier alpha value is -0.520. The van der Waals surface area contributed by atoms with Crippen molar-refractivity contribution < 1.29 is 0 Å². The molecule has 0 aromatic rings. The van der Waals surface area contributed by atoms with Crippen LogP contribution in [0.5, 0.6) is 0 Å². The molecule has 0 saturated carbocycles. The van der Waals surface area contributed by atoms with Gasteiger partial charge >= 0.3 is 0 Å². The van der Waals surface area contributed by atoms with E-state index in [1.165, 1.54) is 57.8 Å². The van der Waals surface area contributed by atoms with Crippen LogP contribution in [-0.4, -0.2) is 0 Å². The zero-order valence-corrected chi connectivity index (χ0v) is 8.44. The van der Waals surface area contributed by atoms with Gasteiger partial charge < -0.3 is 0 Å². The number of allylic oxidation sites excluding steroid dienone is 4. The van der Waals surface area contributed by atoms with Gasteiger partial charge in [0.1, 0.15) is 0 Å². The molecule has 0 saturated heterocycles. The summed E-state index contributed by atoms with van der Waals surface area (Å²) in [6.45, 7) is 0. The minimum atomic E-state index is 1.20. The van der Waals surface area contributed by atoms with Crippen LogP contribution in [0.25, 0.3) is 0 Å². The van der Waals surface area contributed by atoms with Crippen LogP contribution >= 0.6 is 0 Å². The van der Waals surface area contributed by atoms with Crippen molar-refractivity contribution in [3.63, 3.8) is 0 Å². The quantitative estimate of drug-likeness (QED) is 0.561. The zero-order chi connectivity index (χ0) is 8.93. The molecule has 13 heavy (non-hydrogen) atoms. The Morgan fingerprint density at radius 2 is 1.85 bits per heavy atom. The van der Waals surface area contributed by atoms with Gasteiger partial charge in [0.15, 0.2) is 0 Å². The van der Waals surface area contributed by atoms with Gasteiger partial charge in [-0.05, 0) is 68.6 Å². The Labute approximate surface area is 81.7 Å². The lowest BCUT2D eigenvalue weighted by Gasteiger charge is -2.14. The second-order valence-electron chi connectivity index (χ2n) is 4.19. The van der Waals surface area contributed by atoms with Crippen molar-refractivity contribution in [3.8, 4) is 0 Å². The SMILES string of the molecule is [C]1=C(C2=CCCCC2)CCCCC1. The monoisotopic (exact) mass is 175 g/mol. The van der Waals surface area contributed by atoms with Crippen molar-refractivity contribution in [2.45, 2.75) is 57.8 Å². The Bertz CT molecular complexity index is 220. The van der Waals surface area contributed by atoms with E-state index >= 15 is 0 Å². The van der Waals surface area contributed by atoms with Crippen molar-refractivity contribution in [2.75, 3.05) is 0 Å². The van der Waals surface area contributed by atoms with Gasteiger partial charge in [-0.15, -0.1) is 0 Å². The fourth-order valence-corrected chi connectivity index (χ4v) is 2.32. The molecule has 0 fully saturated rings. The molecule has 0 heteroatoms. The van der Waals surface area contributed by atoms with Gasteiger partial charge in [0.2, 0.25) is 0 Å².